The fourth-order valence-corrected chi connectivity index (χ4v) is 3.12. The molecule has 1 N–H and O–H groups in total. The van der Waals surface area contributed by atoms with E-state index in [1.807, 2.05) is 4.90 Å². The zero-order chi connectivity index (χ0) is 12.5. The first kappa shape index (κ1) is 12.3. The summed E-state index contributed by atoms with van der Waals surface area (Å²) < 4.78 is 26.4. The van der Waals surface area contributed by atoms with Crippen LogP contribution in [-0.2, 0) is 14.8 Å². The lowest BCUT2D eigenvalue weighted by molar-refractivity contribution is -0.129. The van der Waals surface area contributed by atoms with Gasteiger partial charge in [-0.25, -0.2) is 4.79 Å². The number of nitrogens with zero attached hydrogens (tertiary/aromatic N) is 2. The van der Waals surface area contributed by atoms with Crippen LogP contribution in [-0.4, -0.2) is 49.7 Å². The highest BCUT2D eigenvalue weighted by atomic mass is 32.2. The Bertz CT molecular complexity index is 486. The fourth-order valence-electron chi connectivity index (χ4n) is 2.01. The lowest BCUT2D eigenvalue weighted by Crippen LogP contribution is -2.32. The van der Waals surface area contributed by atoms with Gasteiger partial charge in [-0.1, -0.05) is 6.42 Å². The molecule has 1 fully saturated rings. The Kier molecular flexibility index (Phi) is 3.30. The Labute approximate surface area is 99.7 Å². The lowest BCUT2D eigenvalue weighted by atomic mass is 10.1. The van der Waals surface area contributed by atoms with E-state index in [0.29, 0.717) is 0 Å². The van der Waals surface area contributed by atoms with Crippen LogP contribution in [0.2, 0.25) is 0 Å². The molecule has 7 heteroatoms. The molecule has 17 heavy (non-hydrogen) atoms. The van der Waals surface area contributed by atoms with E-state index in [9.17, 15) is 13.2 Å². The minimum absolute atomic E-state index is 0.0943. The Hall–Kier alpha value is -1.21. The van der Waals surface area contributed by atoms with E-state index in [-0.39, 0.29) is 11.4 Å². The number of hydrogen-bond donors (Lipinski definition) is 1. The molecule has 0 spiro atoms. The molecule has 0 amide bonds. The van der Waals surface area contributed by atoms with Crippen molar-refractivity contribution in [3.05, 3.63) is 11.0 Å². The van der Waals surface area contributed by atoms with E-state index < -0.39 is 21.7 Å². The van der Waals surface area contributed by atoms with Crippen molar-refractivity contribution < 1.29 is 18.3 Å². The number of carboxylic acids is 1. The first-order valence-corrected chi connectivity index (χ1v) is 6.94. The van der Waals surface area contributed by atoms with Crippen LogP contribution < -0.4 is 0 Å². The summed E-state index contributed by atoms with van der Waals surface area (Å²) in [4.78, 5) is 12.8. The minimum Gasteiger partial charge on any atom is -0.476 e. The van der Waals surface area contributed by atoms with Crippen LogP contribution >= 0.6 is 0 Å². The van der Waals surface area contributed by atoms with Crippen molar-refractivity contribution in [2.24, 2.45) is 4.40 Å². The van der Waals surface area contributed by atoms with Gasteiger partial charge in [-0.3, -0.25) is 4.90 Å². The van der Waals surface area contributed by atoms with Crippen molar-refractivity contribution in [2.45, 2.75) is 19.3 Å². The Morgan fingerprint density at radius 3 is 2.53 bits per heavy atom. The van der Waals surface area contributed by atoms with Gasteiger partial charge in [-0.2, -0.15) is 12.8 Å². The van der Waals surface area contributed by atoms with Crippen molar-refractivity contribution in [3.63, 3.8) is 0 Å². The standard InChI is InChI=1S/C10H14N2O4S/c13-10(14)9-6-8(17(15,16)11-9)7-12-4-2-1-3-5-12/h6H,1-5,7H2,(H,13,14). The molecule has 94 valence electrons. The summed E-state index contributed by atoms with van der Waals surface area (Å²) in [5.74, 6) is -1.30. The van der Waals surface area contributed by atoms with Crippen LogP contribution in [0.1, 0.15) is 19.3 Å². The molecule has 2 heterocycles. The van der Waals surface area contributed by atoms with E-state index >= 15 is 0 Å². The zero-order valence-corrected chi connectivity index (χ0v) is 10.1. The van der Waals surface area contributed by atoms with Gasteiger partial charge >= 0.3 is 5.97 Å². The van der Waals surface area contributed by atoms with Crippen molar-refractivity contribution in [2.75, 3.05) is 19.6 Å². The molecular formula is C10H14N2O4S. The molecule has 0 aromatic carbocycles. The summed E-state index contributed by atoms with van der Waals surface area (Å²) in [5.41, 5.74) is -0.392. The average Bonchev–Trinajstić information content (AvgIpc) is 2.56. The molecule has 0 unspecified atom stereocenters. The average molecular weight is 258 g/mol. The van der Waals surface area contributed by atoms with E-state index in [1.165, 1.54) is 6.42 Å². The van der Waals surface area contributed by atoms with E-state index in [2.05, 4.69) is 4.40 Å². The topological polar surface area (TPSA) is 87.0 Å². The monoisotopic (exact) mass is 258 g/mol. The third-order valence-electron chi connectivity index (χ3n) is 2.89. The maximum atomic E-state index is 11.6. The SMILES string of the molecule is O=C(O)C1=NS(=O)(=O)C(CN2CCCCC2)=C1. The lowest BCUT2D eigenvalue weighted by Gasteiger charge is -2.26. The van der Waals surface area contributed by atoms with Gasteiger partial charge in [-0.05, 0) is 32.0 Å². The van der Waals surface area contributed by atoms with Gasteiger partial charge in [0.2, 0.25) is 0 Å². The van der Waals surface area contributed by atoms with Crippen LogP contribution in [0.15, 0.2) is 15.4 Å². The number of piperidine rings is 1. The van der Waals surface area contributed by atoms with Gasteiger partial charge < -0.3 is 5.11 Å². The van der Waals surface area contributed by atoms with Gasteiger partial charge in [0.05, 0.1) is 4.91 Å². The molecule has 2 rings (SSSR count). The van der Waals surface area contributed by atoms with Crippen molar-refractivity contribution in [1.82, 2.24) is 4.90 Å². The van der Waals surface area contributed by atoms with E-state index in [4.69, 9.17) is 5.11 Å². The number of rotatable bonds is 3. The number of carbonyl (C=O) groups is 1. The summed E-state index contributed by atoms with van der Waals surface area (Å²) in [6, 6.07) is 0. The molecule has 2 aliphatic heterocycles. The number of aliphatic carboxylic acids is 1. The second-order valence-electron chi connectivity index (χ2n) is 4.20. The number of carboxylic acid groups (broad SMARTS) is 1. The van der Waals surface area contributed by atoms with Crippen LogP contribution in [0.25, 0.3) is 0 Å². The van der Waals surface area contributed by atoms with Crippen molar-refractivity contribution in [3.8, 4) is 0 Å². The van der Waals surface area contributed by atoms with Crippen molar-refractivity contribution >= 4 is 21.7 Å². The largest absolute Gasteiger partial charge is 0.476 e. The third kappa shape index (κ3) is 2.73. The van der Waals surface area contributed by atoms with Crippen LogP contribution in [0.5, 0.6) is 0 Å². The van der Waals surface area contributed by atoms with E-state index in [1.54, 1.807) is 0 Å². The van der Waals surface area contributed by atoms with Gasteiger partial charge in [0.1, 0.15) is 0 Å². The maximum Gasteiger partial charge on any atom is 0.355 e. The van der Waals surface area contributed by atoms with Crippen LogP contribution in [0.4, 0.5) is 0 Å². The summed E-state index contributed by atoms with van der Waals surface area (Å²) in [5, 5.41) is 8.72. The van der Waals surface area contributed by atoms with Crippen LogP contribution in [0.3, 0.4) is 0 Å². The molecule has 0 aromatic heterocycles. The van der Waals surface area contributed by atoms with Gasteiger partial charge in [0.25, 0.3) is 10.0 Å². The third-order valence-corrected chi connectivity index (χ3v) is 4.24. The second kappa shape index (κ2) is 4.58. The second-order valence-corrected chi connectivity index (χ2v) is 5.86. The highest BCUT2D eigenvalue weighted by molar-refractivity contribution is 7.94. The number of sulfonamides is 1. The fraction of sp³-hybridized carbons (Fsp3) is 0.600. The van der Waals surface area contributed by atoms with Crippen molar-refractivity contribution in [1.29, 1.82) is 0 Å². The Morgan fingerprint density at radius 1 is 1.35 bits per heavy atom. The van der Waals surface area contributed by atoms with Gasteiger partial charge in [0, 0.05) is 6.54 Å². The molecule has 0 atom stereocenters. The molecule has 0 radical (unpaired) electrons. The quantitative estimate of drug-likeness (QED) is 0.782. The van der Waals surface area contributed by atoms with Crippen LogP contribution in [0, 0.1) is 0 Å². The first-order valence-electron chi connectivity index (χ1n) is 5.50. The normalized spacial score (nSPS) is 24.2. The Morgan fingerprint density at radius 2 is 2.00 bits per heavy atom. The Balaban J connectivity index is 2.11. The van der Waals surface area contributed by atoms with Gasteiger partial charge in [0.15, 0.2) is 5.71 Å². The molecular weight excluding hydrogens is 244 g/mol. The minimum atomic E-state index is -3.75. The first-order chi connectivity index (χ1) is 7.99. The molecule has 0 bridgehead atoms. The summed E-state index contributed by atoms with van der Waals surface area (Å²) in [7, 11) is -3.75. The highest BCUT2D eigenvalue weighted by Crippen LogP contribution is 2.20. The molecule has 0 aromatic rings. The summed E-state index contributed by atoms with van der Waals surface area (Å²) in [6.07, 6.45) is 4.44. The summed E-state index contributed by atoms with van der Waals surface area (Å²) >= 11 is 0. The molecule has 0 saturated carbocycles. The van der Waals surface area contributed by atoms with E-state index in [0.717, 1.165) is 32.0 Å². The molecule has 2 aliphatic rings. The highest BCUT2D eigenvalue weighted by Gasteiger charge is 2.29. The molecule has 0 aliphatic carbocycles. The van der Waals surface area contributed by atoms with Gasteiger partial charge in [-0.15, -0.1) is 0 Å². The maximum absolute atomic E-state index is 11.6. The summed E-state index contributed by atoms with van der Waals surface area (Å²) in [6.45, 7) is 1.98. The zero-order valence-electron chi connectivity index (χ0n) is 9.29. The predicted molar refractivity (Wildman–Crippen MR) is 62.4 cm³/mol. The number of hydrogen-bond acceptors (Lipinski definition) is 4. The number of likely N-dealkylation sites (tertiary alicyclic amines) is 1. The molecule has 1 saturated heterocycles. The smallest absolute Gasteiger partial charge is 0.355 e. The predicted octanol–water partition coefficient (Wildman–Crippen LogP) is 0.225. The molecule has 6 nitrogen and oxygen atoms in total.